The molecule has 0 saturated heterocycles. The van der Waals surface area contributed by atoms with E-state index in [1.165, 1.54) is 7.11 Å². The lowest BCUT2D eigenvalue weighted by atomic mass is 10.1. The fourth-order valence-corrected chi connectivity index (χ4v) is 1.68. The molecule has 1 aliphatic heterocycles. The second-order valence-corrected chi connectivity index (χ2v) is 3.51. The molecule has 0 unspecified atom stereocenters. The molecule has 0 aromatic carbocycles. The van der Waals surface area contributed by atoms with E-state index in [-0.39, 0.29) is 6.09 Å². The van der Waals surface area contributed by atoms with Gasteiger partial charge in [0.15, 0.2) is 0 Å². The summed E-state index contributed by atoms with van der Waals surface area (Å²) in [6, 6.07) is 0. The summed E-state index contributed by atoms with van der Waals surface area (Å²) >= 11 is 0. The zero-order valence-corrected chi connectivity index (χ0v) is 8.78. The van der Waals surface area contributed by atoms with E-state index < -0.39 is 0 Å². The van der Waals surface area contributed by atoms with Gasteiger partial charge in [-0.3, -0.25) is 5.10 Å². The van der Waals surface area contributed by atoms with Crippen LogP contribution in [0.25, 0.3) is 5.57 Å². The number of amides is 1. The van der Waals surface area contributed by atoms with E-state index in [9.17, 15) is 4.79 Å². The minimum Gasteiger partial charge on any atom is -0.453 e. The third-order valence-electron chi connectivity index (χ3n) is 2.50. The number of nitrogens with one attached hydrogen (secondary N) is 1. The van der Waals surface area contributed by atoms with E-state index in [2.05, 4.69) is 14.9 Å². The third kappa shape index (κ3) is 1.72. The first-order valence-electron chi connectivity index (χ1n) is 4.74. The van der Waals surface area contributed by atoms with Crippen molar-refractivity contribution in [2.45, 2.75) is 6.92 Å². The van der Waals surface area contributed by atoms with Crippen molar-refractivity contribution in [2.75, 3.05) is 20.2 Å². The lowest BCUT2D eigenvalue weighted by Gasteiger charge is -2.13. The van der Waals surface area contributed by atoms with Crippen LogP contribution in [-0.4, -0.2) is 41.4 Å². The van der Waals surface area contributed by atoms with Crippen molar-refractivity contribution < 1.29 is 9.53 Å². The molecule has 0 bridgehead atoms. The van der Waals surface area contributed by atoms with Crippen molar-refractivity contribution in [3.8, 4) is 0 Å². The maximum absolute atomic E-state index is 11.3. The van der Waals surface area contributed by atoms with Crippen molar-refractivity contribution in [1.29, 1.82) is 0 Å². The van der Waals surface area contributed by atoms with E-state index in [0.29, 0.717) is 13.1 Å². The van der Waals surface area contributed by atoms with E-state index in [0.717, 1.165) is 16.8 Å². The van der Waals surface area contributed by atoms with Crippen molar-refractivity contribution in [1.82, 2.24) is 15.1 Å². The lowest BCUT2D eigenvalue weighted by Crippen LogP contribution is -2.28. The quantitative estimate of drug-likeness (QED) is 0.752. The highest BCUT2D eigenvalue weighted by molar-refractivity contribution is 5.76. The minimum atomic E-state index is -0.293. The highest BCUT2D eigenvalue weighted by Crippen LogP contribution is 2.21. The molecule has 0 saturated carbocycles. The molecule has 0 radical (unpaired) electrons. The molecule has 15 heavy (non-hydrogen) atoms. The van der Waals surface area contributed by atoms with Gasteiger partial charge in [0.2, 0.25) is 0 Å². The normalized spacial score (nSPS) is 15.3. The molecular weight excluding hydrogens is 194 g/mol. The maximum atomic E-state index is 11.3. The topological polar surface area (TPSA) is 58.2 Å². The van der Waals surface area contributed by atoms with Crippen molar-refractivity contribution in [3.05, 3.63) is 23.5 Å². The summed E-state index contributed by atoms with van der Waals surface area (Å²) < 4.78 is 4.66. The predicted molar refractivity (Wildman–Crippen MR) is 55.3 cm³/mol. The number of H-pyrrole nitrogens is 1. The van der Waals surface area contributed by atoms with Crippen LogP contribution in [0.1, 0.15) is 11.3 Å². The van der Waals surface area contributed by atoms with Gasteiger partial charge in [-0.25, -0.2) is 4.79 Å². The van der Waals surface area contributed by atoms with Crippen LogP contribution in [0.15, 0.2) is 12.3 Å². The van der Waals surface area contributed by atoms with Gasteiger partial charge in [0.25, 0.3) is 0 Å². The number of hydrogen-bond acceptors (Lipinski definition) is 3. The predicted octanol–water partition coefficient (Wildman–Crippen LogP) is 1.18. The van der Waals surface area contributed by atoms with Crippen LogP contribution in [0, 0.1) is 6.92 Å². The summed E-state index contributed by atoms with van der Waals surface area (Å²) in [5, 5.41) is 6.88. The van der Waals surface area contributed by atoms with E-state index in [1.54, 1.807) is 11.1 Å². The molecular formula is C10H13N3O2. The van der Waals surface area contributed by atoms with E-state index >= 15 is 0 Å². The second-order valence-electron chi connectivity index (χ2n) is 3.51. The molecule has 0 aliphatic carbocycles. The van der Waals surface area contributed by atoms with Gasteiger partial charge in [-0.05, 0) is 18.1 Å². The SMILES string of the molecule is COC(=O)N1CC=C(c2[nH]ncc2C)C1. The number of ether oxygens (including phenoxy) is 1. The summed E-state index contributed by atoms with van der Waals surface area (Å²) in [4.78, 5) is 12.9. The molecule has 80 valence electrons. The Bertz CT molecular complexity index is 409. The van der Waals surface area contributed by atoms with Gasteiger partial charge in [0, 0.05) is 6.54 Å². The molecule has 2 rings (SSSR count). The highest BCUT2D eigenvalue weighted by atomic mass is 16.5. The second kappa shape index (κ2) is 3.76. The summed E-state index contributed by atoms with van der Waals surface area (Å²) in [5.74, 6) is 0. The average molecular weight is 207 g/mol. The van der Waals surface area contributed by atoms with Gasteiger partial charge in [-0.15, -0.1) is 0 Å². The zero-order valence-electron chi connectivity index (χ0n) is 8.78. The molecule has 5 nitrogen and oxygen atoms in total. The number of nitrogens with zero attached hydrogens (tertiary/aromatic N) is 2. The molecule has 2 heterocycles. The standard InChI is InChI=1S/C10H13N3O2/c1-7-5-11-12-9(7)8-3-4-13(6-8)10(14)15-2/h3,5H,4,6H2,1-2H3,(H,11,12). The van der Waals surface area contributed by atoms with Crippen LogP contribution >= 0.6 is 0 Å². The first-order chi connectivity index (χ1) is 7.22. The molecule has 0 spiro atoms. The van der Waals surface area contributed by atoms with Crippen LogP contribution in [0.5, 0.6) is 0 Å². The Labute approximate surface area is 87.7 Å². The van der Waals surface area contributed by atoms with Crippen molar-refractivity contribution in [3.63, 3.8) is 0 Å². The highest BCUT2D eigenvalue weighted by Gasteiger charge is 2.22. The van der Waals surface area contributed by atoms with Gasteiger partial charge in [-0.2, -0.15) is 5.10 Å². The minimum absolute atomic E-state index is 0.293. The number of methoxy groups -OCH3 is 1. The average Bonchev–Trinajstić information content (AvgIpc) is 2.84. The molecule has 0 atom stereocenters. The maximum Gasteiger partial charge on any atom is 0.410 e. The van der Waals surface area contributed by atoms with Crippen LogP contribution in [0.2, 0.25) is 0 Å². The Hall–Kier alpha value is -1.78. The fraction of sp³-hybridized carbons (Fsp3) is 0.400. The van der Waals surface area contributed by atoms with E-state index in [1.807, 2.05) is 13.0 Å². The first kappa shape index (κ1) is 9.76. The molecule has 1 amide bonds. The monoisotopic (exact) mass is 207 g/mol. The van der Waals surface area contributed by atoms with Crippen LogP contribution < -0.4 is 0 Å². The third-order valence-corrected chi connectivity index (χ3v) is 2.50. The smallest absolute Gasteiger partial charge is 0.410 e. The Morgan fingerprint density at radius 3 is 3.07 bits per heavy atom. The van der Waals surface area contributed by atoms with Crippen LogP contribution in [0.4, 0.5) is 4.79 Å². The van der Waals surface area contributed by atoms with Crippen LogP contribution in [0.3, 0.4) is 0 Å². The number of aromatic amines is 1. The van der Waals surface area contributed by atoms with Gasteiger partial charge < -0.3 is 9.64 Å². The largest absolute Gasteiger partial charge is 0.453 e. The zero-order chi connectivity index (χ0) is 10.8. The Morgan fingerprint density at radius 2 is 2.47 bits per heavy atom. The number of hydrogen-bond donors (Lipinski definition) is 1. The van der Waals surface area contributed by atoms with Crippen molar-refractivity contribution in [2.24, 2.45) is 0 Å². The molecule has 0 fully saturated rings. The van der Waals surface area contributed by atoms with E-state index in [4.69, 9.17) is 0 Å². The summed E-state index contributed by atoms with van der Waals surface area (Å²) in [5.41, 5.74) is 3.18. The van der Waals surface area contributed by atoms with Gasteiger partial charge in [0.1, 0.15) is 0 Å². The summed E-state index contributed by atoms with van der Waals surface area (Å²) in [6.45, 7) is 3.16. The molecule has 1 aromatic heterocycles. The molecule has 1 aromatic rings. The molecule has 1 aliphatic rings. The fourth-order valence-electron chi connectivity index (χ4n) is 1.68. The number of carbonyl (C=O) groups excluding carboxylic acids is 1. The number of carbonyl (C=O) groups is 1. The Morgan fingerprint density at radius 1 is 1.67 bits per heavy atom. The number of aromatic nitrogens is 2. The summed E-state index contributed by atoms with van der Waals surface area (Å²) in [7, 11) is 1.39. The Balaban J connectivity index is 2.10. The first-order valence-corrected chi connectivity index (χ1v) is 4.74. The van der Waals surface area contributed by atoms with Gasteiger partial charge in [-0.1, -0.05) is 6.08 Å². The van der Waals surface area contributed by atoms with Gasteiger partial charge >= 0.3 is 6.09 Å². The number of rotatable bonds is 1. The summed E-state index contributed by atoms with van der Waals surface area (Å²) in [6.07, 6.45) is 3.49. The molecule has 1 N–H and O–H groups in total. The van der Waals surface area contributed by atoms with Gasteiger partial charge in [0.05, 0.1) is 25.5 Å². The molecule has 5 heteroatoms. The van der Waals surface area contributed by atoms with Crippen molar-refractivity contribution >= 4 is 11.7 Å². The lowest BCUT2D eigenvalue weighted by molar-refractivity contribution is 0.135. The van der Waals surface area contributed by atoms with Crippen LogP contribution in [-0.2, 0) is 4.74 Å². The number of aryl methyl sites for hydroxylation is 1. The Kier molecular flexibility index (Phi) is 2.45.